The highest BCUT2D eigenvalue weighted by Crippen LogP contribution is 2.57. The van der Waals surface area contributed by atoms with Crippen molar-refractivity contribution in [2.45, 2.75) is 24.9 Å². The second kappa shape index (κ2) is 2.89. The normalized spacial score (nSPS) is 50.1. The van der Waals surface area contributed by atoms with E-state index < -0.39 is 5.60 Å². The third-order valence-electron chi connectivity index (χ3n) is 4.91. The molecule has 1 spiro atoms. The molecule has 5 atom stereocenters. The predicted octanol–water partition coefficient (Wildman–Crippen LogP) is 1.64. The molecule has 1 aliphatic heterocycles. The van der Waals surface area contributed by atoms with Gasteiger partial charge in [0.15, 0.2) is 5.78 Å². The maximum absolute atomic E-state index is 12.0. The van der Waals surface area contributed by atoms with E-state index in [0.29, 0.717) is 18.3 Å². The fourth-order valence-electron chi connectivity index (χ4n) is 4.29. The zero-order chi connectivity index (χ0) is 11.6. The quantitative estimate of drug-likeness (QED) is 0.469. The summed E-state index contributed by atoms with van der Waals surface area (Å²) in [6.45, 7) is 0. The summed E-state index contributed by atoms with van der Waals surface area (Å²) < 4.78 is 5.59. The highest BCUT2D eigenvalue weighted by atomic mass is 16.6. The molecule has 17 heavy (non-hydrogen) atoms. The van der Waals surface area contributed by atoms with Gasteiger partial charge < -0.3 is 4.74 Å². The van der Waals surface area contributed by atoms with Crippen molar-refractivity contribution in [3.63, 3.8) is 0 Å². The largest absolute Gasteiger partial charge is 0.454 e. The Morgan fingerprint density at radius 1 is 1.24 bits per heavy atom. The summed E-state index contributed by atoms with van der Waals surface area (Å²) in [6.07, 6.45) is 10.2. The minimum absolute atomic E-state index is 0.0564. The van der Waals surface area contributed by atoms with Crippen LogP contribution < -0.4 is 0 Å². The van der Waals surface area contributed by atoms with Crippen LogP contribution in [0.4, 0.5) is 0 Å². The molecule has 3 aliphatic carbocycles. The molecule has 2 bridgehead atoms. The van der Waals surface area contributed by atoms with Crippen LogP contribution in [0.25, 0.3) is 0 Å². The number of esters is 1. The number of ketones is 1. The average Bonchev–Trinajstić information content (AvgIpc) is 2.99. The number of hydrogen-bond donors (Lipinski definition) is 0. The first-order chi connectivity index (χ1) is 8.20. The van der Waals surface area contributed by atoms with E-state index in [9.17, 15) is 9.59 Å². The number of allylic oxidation sites excluding steroid dienone is 3. The SMILES string of the molecule is O=C1CC[C@@]2(C=CC(=O)[C@@H]3C4C=CC(C4)[C@@H]32)O1. The van der Waals surface area contributed by atoms with Crippen LogP contribution in [0.3, 0.4) is 0 Å². The van der Waals surface area contributed by atoms with Crippen molar-refractivity contribution in [1.29, 1.82) is 0 Å². The number of ether oxygens (including phenoxy) is 1. The highest BCUT2D eigenvalue weighted by Gasteiger charge is 2.60. The van der Waals surface area contributed by atoms with E-state index in [2.05, 4.69) is 12.2 Å². The van der Waals surface area contributed by atoms with Crippen LogP contribution in [-0.4, -0.2) is 17.4 Å². The lowest BCUT2D eigenvalue weighted by atomic mass is 9.66. The summed E-state index contributed by atoms with van der Waals surface area (Å²) in [6, 6.07) is 0. The molecule has 0 amide bonds. The second-order valence-corrected chi connectivity index (χ2v) is 5.66. The zero-order valence-electron chi connectivity index (χ0n) is 9.46. The Balaban J connectivity index is 1.82. The molecule has 2 unspecified atom stereocenters. The molecule has 1 saturated heterocycles. The molecule has 2 fully saturated rings. The highest BCUT2D eigenvalue weighted by molar-refractivity contribution is 5.94. The minimum atomic E-state index is -0.472. The van der Waals surface area contributed by atoms with Crippen LogP contribution in [0.15, 0.2) is 24.3 Å². The van der Waals surface area contributed by atoms with Crippen LogP contribution in [0.1, 0.15) is 19.3 Å². The average molecular weight is 230 g/mol. The standard InChI is InChI=1S/C14H14O3/c15-10-3-5-14(6-4-11(16)17-14)13-9-2-1-8(7-9)12(10)13/h1-3,5,8-9,12-13H,4,6-7H2/t8?,9?,12-,13-,14+/m0/s1. The predicted molar refractivity (Wildman–Crippen MR) is 59.9 cm³/mol. The third-order valence-corrected chi connectivity index (χ3v) is 4.91. The molecule has 3 heteroatoms. The number of fused-ring (bicyclic) bond motifs is 6. The van der Waals surface area contributed by atoms with E-state index in [4.69, 9.17) is 4.74 Å². The molecule has 0 aromatic rings. The van der Waals surface area contributed by atoms with Gasteiger partial charge in [-0.05, 0) is 30.4 Å². The molecule has 0 aromatic heterocycles. The van der Waals surface area contributed by atoms with Gasteiger partial charge in [-0.3, -0.25) is 9.59 Å². The van der Waals surface area contributed by atoms with Gasteiger partial charge in [-0.2, -0.15) is 0 Å². The van der Waals surface area contributed by atoms with Gasteiger partial charge in [0.25, 0.3) is 0 Å². The Labute approximate surface area is 99.5 Å². The monoisotopic (exact) mass is 230 g/mol. The van der Waals surface area contributed by atoms with Gasteiger partial charge in [0.1, 0.15) is 5.60 Å². The van der Waals surface area contributed by atoms with Crippen LogP contribution in [0.5, 0.6) is 0 Å². The number of carbonyl (C=O) groups excluding carboxylic acids is 2. The first-order valence-corrected chi connectivity index (χ1v) is 6.33. The van der Waals surface area contributed by atoms with E-state index in [1.165, 1.54) is 0 Å². The zero-order valence-corrected chi connectivity index (χ0v) is 9.46. The van der Waals surface area contributed by atoms with Crippen molar-refractivity contribution in [3.8, 4) is 0 Å². The van der Waals surface area contributed by atoms with Gasteiger partial charge in [-0.1, -0.05) is 12.2 Å². The van der Waals surface area contributed by atoms with Gasteiger partial charge >= 0.3 is 5.97 Å². The Morgan fingerprint density at radius 3 is 2.82 bits per heavy atom. The molecule has 88 valence electrons. The van der Waals surface area contributed by atoms with E-state index >= 15 is 0 Å². The lowest BCUT2D eigenvalue weighted by Crippen LogP contribution is -2.47. The maximum Gasteiger partial charge on any atom is 0.306 e. The maximum atomic E-state index is 12.0. The van der Waals surface area contributed by atoms with E-state index in [-0.39, 0.29) is 23.6 Å². The number of carbonyl (C=O) groups is 2. The molecule has 4 aliphatic rings. The van der Waals surface area contributed by atoms with Crippen molar-refractivity contribution in [1.82, 2.24) is 0 Å². The summed E-state index contributed by atoms with van der Waals surface area (Å²) >= 11 is 0. The lowest BCUT2D eigenvalue weighted by Gasteiger charge is -2.41. The summed E-state index contributed by atoms with van der Waals surface area (Å²) in [5.41, 5.74) is -0.472. The first kappa shape index (κ1) is 9.63. The Kier molecular flexibility index (Phi) is 1.64. The molecule has 0 radical (unpaired) electrons. The van der Waals surface area contributed by atoms with Gasteiger partial charge in [0.05, 0.1) is 0 Å². The second-order valence-electron chi connectivity index (χ2n) is 5.66. The minimum Gasteiger partial charge on any atom is -0.454 e. The fourth-order valence-corrected chi connectivity index (χ4v) is 4.29. The molecular weight excluding hydrogens is 216 g/mol. The Hall–Kier alpha value is -1.38. The van der Waals surface area contributed by atoms with Crippen LogP contribution in [0.2, 0.25) is 0 Å². The molecule has 0 aromatic carbocycles. The lowest BCUT2D eigenvalue weighted by molar-refractivity contribution is -0.153. The van der Waals surface area contributed by atoms with Crippen molar-refractivity contribution >= 4 is 11.8 Å². The fraction of sp³-hybridized carbons (Fsp3) is 0.571. The molecule has 1 saturated carbocycles. The van der Waals surface area contributed by atoms with Crippen LogP contribution in [-0.2, 0) is 14.3 Å². The molecule has 4 rings (SSSR count). The third kappa shape index (κ3) is 1.07. The van der Waals surface area contributed by atoms with E-state index in [0.717, 1.165) is 12.8 Å². The van der Waals surface area contributed by atoms with Gasteiger partial charge in [-0.15, -0.1) is 0 Å². The van der Waals surface area contributed by atoms with E-state index in [1.54, 1.807) is 6.08 Å². The molecule has 0 N–H and O–H groups in total. The summed E-state index contributed by atoms with van der Waals surface area (Å²) in [4.78, 5) is 23.5. The topological polar surface area (TPSA) is 43.4 Å². The van der Waals surface area contributed by atoms with Crippen molar-refractivity contribution < 1.29 is 14.3 Å². The Bertz CT molecular complexity index is 476. The van der Waals surface area contributed by atoms with E-state index in [1.807, 2.05) is 6.08 Å². The van der Waals surface area contributed by atoms with Crippen molar-refractivity contribution in [3.05, 3.63) is 24.3 Å². The molecular formula is C14H14O3. The summed E-state index contributed by atoms with van der Waals surface area (Å²) in [5.74, 6) is 1.15. The first-order valence-electron chi connectivity index (χ1n) is 6.33. The molecule has 1 heterocycles. The summed E-state index contributed by atoms with van der Waals surface area (Å²) in [7, 11) is 0. The van der Waals surface area contributed by atoms with Crippen LogP contribution >= 0.6 is 0 Å². The van der Waals surface area contributed by atoms with Gasteiger partial charge in [0.2, 0.25) is 0 Å². The van der Waals surface area contributed by atoms with Gasteiger partial charge in [0, 0.05) is 24.7 Å². The van der Waals surface area contributed by atoms with Crippen molar-refractivity contribution in [2.75, 3.05) is 0 Å². The van der Waals surface area contributed by atoms with Crippen LogP contribution in [0, 0.1) is 23.7 Å². The number of hydrogen-bond acceptors (Lipinski definition) is 3. The van der Waals surface area contributed by atoms with Crippen molar-refractivity contribution in [2.24, 2.45) is 23.7 Å². The number of rotatable bonds is 0. The smallest absolute Gasteiger partial charge is 0.306 e. The molecule has 3 nitrogen and oxygen atoms in total. The Morgan fingerprint density at radius 2 is 2.06 bits per heavy atom. The van der Waals surface area contributed by atoms with Gasteiger partial charge in [-0.25, -0.2) is 0 Å². The summed E-state index contributed by atoms with van der Waals surface area (Å²) in [5, 5.41) is 0.